The lowest BCUT2D eigenvalue weighted by atomic mass is 9.88. The third-order valence-corrected chi connectivity index (χ3v) is 4.00. The molecule has 3 N–H and O–H groups in total. The van der Waals surface area contributed by atoms with Gasteiger partial charge in [-0.15, -0.1) is 0 Å². The molecule has 0 aromatic heterocycles. The monoisotopic (exact) mass is 354 g/mol. The average Bonchev–Trinajstić information content (AvgIpc) is 2.45. The second-order valence-corrected chi connectivity index (χ2v) is 6.44. The highest BCUT2D eigenvalue weighted by molar-refractivity contribution is 9.10. The van der Waals surface area contributed by atoms with Crippen molar-refractivity contribution in [2.24, 2.45) is 5.73 Å². The molecule has 2 nitrogen and oxygen atoms in total. The van der Waals surface area contributed by atoms with Gasteiger partial charge in [0, 0.05) is 27.7 Å². The third kappa shape index (κ3) is 5.29. The van der Waals surface area contributed by atoms with Crippen LogP contribution in [0.2, 0.25) is 0 Å². The molecule has 0 saturated heterocycles. The maximum atomic E-state index is 14.0. The van der Waals surface area contributed by atoms with Crippen LogP contribution in [0, 0.1) is 5.82 Å². The number of nitrogens with two attached hydrogens (primary N) is 1. The minimum absolute atomic E-state index is 0.279. The van der Waals surface area contributed by atoms with Gasteiger partial charge in [0.2, 0.25) is 0 Å². The Kier molecular flexibility index (Phi) is 6.62. The summed E-state index contributed by atoms with van der Waals surface area (Å²) in [6.45, 7) is 7.97. The van der Waals surface area contributed by atoms with Crippen LogP contribution in [0.5, 0.6) is 0 Å². The predicted octanol–water partition coefficient (Wildman–Crippen LogP) is 4.96. The van der Waals surface area contributed by atoms with Gasteiger partial charge in [0.15, 0.2) is 0 Å². The Morgan fingerprint density at radius 3 is 2.71 bits per heavy atom. The van der Waals surface area contributed by atoms with Crippen molar-refractivity contribution in [2.45, 2.75) is 46.1 Å². The van der Waals surface area contributed by atoms with Crippen molar-refractivity contribution in [3.63, 3.8) is 0 Å². The number of nitrogens with one attached hydrogen (secondary N) is 1. The molecule has 116 valence electrons. The number of hydrogen-bond acceptors (Lipinski definition) is 2. The molecule has 0 heterocycles. The van der Waals surface area contributed by atoms with Crippen LogP contribution in [0.1, 0.15) is 46.1 Å². The van der Waals surface area contributed by atoms with Gasteiger partial charge in [0.05, 0.1) is 0 Å². The van der Waals surface area contributed by atoms with Gasteiger partial charge < -0.3 is 11.1 Å². The summed E-state index contributed by atoms with van der Waals surface area (Å²) in [4.78, 5) is 0. The molecule has 1 aromatic rings. The van der Waals surface area contributed by atoms with E-state index < -0.39 is 5.54 Å². The van der Waals surface area contributed by atoms with Crippen molar-refractivity contribution >= 4 is 15.9 Å². The van der Waals surface area contributed by atoms with E-state index in [0.29, 0.717) is 12.0 Å². The molecule has 4 heteroatoms. The van der Waals surface area contributed by atoms with E-state index in [1.165, 1.54) is 11.6 Å². The van der Waals surface area contributed by atoms with Crippen LogP contribution in [0.25, 0.3) is 0 Å². The molecule has 0 aliphatic carbocycles. The fourth-order valence-corrected chi connectivity index (χ4v) is 2.34. The summed E-state index contributed by atoms with van der Waals surface area (Å²) in [6.07, 6.45) is 5.47. The molecule has 0 aliphatic rings. The van der Waals surface area contributed by atoms with Crippen molar-refractivity contribution in [3.05, 3.63) is 57.6 Å². The summed E-state index contributed by atoms with van der Waals surface area (Å²) >= 11 is 3.37. The molecule has 1 aromatic carbocycles. The molecule has 1 atom stereocenters. The Bertz CT molecular complexity index is 548. The summed E-state index contributed by atoms with van der Waals surface area (Å²) in [7, 11) is 0. The van der Waals surface area contributed by atoms with Gasteiger partial charge in [-0.1, -0.05) is 34.5 Å². The molecule has 0 saturated carbocycles. The highest BCUT2D eigenvalue weighted by Gasteiger charge is 2.26. The molecule has 0 bridgehead atoms. The largest absolute Gasteiger partial charge is 0.365 e. The van der Waals surface area contributed by atoms with E-state index in [9.17, 15) is 4.39 Å². The van der Waals surface area contributed by atoms with Crippen molar-refractivity contribution < 1.29 is 4.39 Å². The van der Waals surface area contributed by atoms with Gasteiger partial charge in [0.25, 0.3) is 0 Å². The molecular formula is C17H24BrFN2. The van der Waals surface area contributed by atoms with E-state index in [4.69, 9.17) is 5.73 Å². The quantitative estimate of drug-likeness (QED) is 0.757. The van der Waals surface area contributed by atoms with Crippen LogP contribution in [-0.4, -0.2) is 0 Å². The number of rotatable bonds is 6. The van der Waals surface area contributed by atoms with Gasteiger partial charge >= 0.3 is 0 Å². The van der Waals surface area contributed by atoms with Gasteiger partial charge in [-0.2, -0.15) is 0 Å². The summed E-state index contributed by atoms with van der Waals surface area (Å²) in [6, 6.07) is 4.86. The predicted molar refractivity (Wildman–Crippen MR) is 91.2 cm³/mol. The average molecular weight is 355 g/mol. The summed E-state index contributed by atoms with van der Waals surface area (Å²) in [5.74, 6) is -0.279. The van der Waals surface area contributed by atoms with Crippen LogP contribution in [0.3, 0.4) is 0 Å². The van der Waals surface area contributed by atoms with Crippen LogP contribution in [-0.2, 0) is 5.54 Å². The molecule has 1 rings (SSSR count). The molecular weight excluding hydrogens is 331 g/mol. The minimum atomic E-state index is -0.781. The van der Waals surface area contributed by atoms with Gasteiger partial charge in [0.1, 0.15) is 5.82 Å². The first-order chi connectivity index (χ1) is 9.80. The summed E-state index contributed by atoms with van der Waals surface area (Å²) in [5.41, 5.74) is 8.32. The summed E-state index contributed by atoms with van der Waals surface area (Å²) < 4.78 is 14.9. The topological polar surface area (TPSA) is 38.0 Å². The lowest BCUT2D eigenvalue weighted by molar-refractivity contribution is 0.448. The smallest absolute Gasteiger partial charge is 0.128 e. The van der Waals surface area contributed by atoms with E-state index in [2.05, 4.69) is 35.1 Å². The first-order valence-electron chi connectivity index (χ1n) is 7.12. The van der Waals surface area contributed by atoms with Crippen LogP contribution in [0.4, 0.5) is 4.39 Å². The van der Waals surface area contributed by atoms with Crippen molar-refractivity contribution in [2.75, 3.05) is 0 Å². The van der Waals surface area contributed by atoms with E-state index in [1.807, 2.05) is 26.1 Å². The van der Waals surface area contributed by atoms with Crippen molar-refractivity contribution in [1.29, 1.82) is 0 Å². The lowest BCUT2D eigenvalue weighted by Gasteiger charge is -2.27. The lowest BCUT2D eigenvalue weighted by Crippen LogP contribution is -2.36. The van der Waals surface area contributed by atoms with Crippen LogP contribution < -0.4 is 11.1 Å². The van der Waals surface area contributed by atoms with E-state index in [0.717, 1.165) is 16.6 Å². The third-order valence-electron chi connectivity index (χ3n) is 3.51. The fraction of sp³-hybridized carbons (Fsp3) is 0.412. The van der Waals surface area contributed by atoms with E-state index in [-0.39, 0.29) is 5.82 Å². The van der Waals surface area contributed by atoms with Gasteiger partial charge in [-0.3, -0.25) is 0 Å². The molecule has 21 heavy (non-hydrogen) atoms. The first kappa shape index (κ1) is 17.9. The highest BCUT2D eigenvalue weighted by atomic mass is 79.9. The standard InChI is InChI=1S/C17H24BrFN2/c1-5-12(3)11-21-14(6-2)10-17(4,20)15-9-13(18)7-8-16(15)19/h6-9,11,21H,5,10,20H2,1-4H3/b12-11+,14-6-. The maximum absolute atomic E-state index is 14.0. The second-order valence-electron chi connectivity index (χ2n) is 5.52. The molecule has 0 fully saturated rings. The van der Waals surface area contributed by atoms with Crippen LogP contribution >= 0.6 is 15.9 Å². The van der Waals surface area contributed by atoms with Gasteiger partial charge in [-0.05, 0) is 51.6 Å². The number of benzene rings is 1. The molecule has 0 spiro atoms. The zero-order valence-electron chi connectivity index (χ0n) is 13.1. The second kappa shape index (κ2) is 7.76. The van der Waals surface area contributed by atoms with Crippen LogP contribution in [0.15, 0.2) is 46.2 Å². The Hall–Kier alpha value is -1.13. The molecule has 0 aliphatic heterocycles. The Morgan fingerprint density at radius 2 is 2.14 bits per heavy atom. The minimum Gasteiger partial charge on any atom is -0.365 e. The molecule has 1 unspecified atom stereocenters. The first-order valence-corrected chi connectivity index (χ1v) is 7.91. The van der Waals surface area contributed by atoms with Crippen molar-refractivity contribution in [1.82, 2.24) is 5.32 Å². The number of allylic oxidation sites excluding steroid dienone is 2. The number of hydrogen-bond donors (Lipinski definition) is 2. The SMILES string of the molecule is C/C=C(/CC(C)(N)c1cc(Br)ccc1F)N/C=C(\C)CC. The maximum Gasteiger partial charge on any atom is 0.128 e. The van der Waals surface area contributed by atoms with Gasteiger partial charge in [-0.25, -0.2) is 4.39 Å². The number of halogens is 2. The summed E-state index contributed by atoms with van der Waals surface area (Å²) in [5, 5.41) is 3.26. The fourth-order valence-electron chi connectivity index (χ4n) is 1.98. The molecule has 0 radical (unpaired) electrons. The zero-order valence-corrected chi connectivity index (χ0v) is 14.7. The normalized spacial score (nSPS) is 15.8. The van der Waals surface area contributed by atoms with E-state index in [1.54, 1.807) is 12.1 Å². The Labute approximate surface area is 135 Å². The highest BCUT2D eigenvalue weighted by Crippen LogP contribution is 2.29. The zero-order chi connectivity index (χ0) is 16.0. The Balaban J connectivity index is 2.94. The Morgan fingerprint density at radius 1 is 1.48 bits per heavy atom. The van der Waals surface area contributed by atoms with E-state index >= 15 is 0 Å². The molecule has 0 amide bonds. The van der Waals surface area contributed by atoms with Crippen molar-refractivity contribution in [3.8, 4) is 0 Å².